The molecule has 1 N–H and O–H groups in total. The van der Waals surface area contributed by atoms with E-state index in [0.717, 1.165) is 29.5 Å². The molecular weight excluding hydrogens is 316 g/mol. The third-order valence-electron chi connectivity index (χ3n) is 2.69. The van der Waals surface area contributed by atoms with Crippen LogP contribution in [0.2, 0.25) is 5.02 Å². The normalized spacial score (nSPS) is 10.4. The number of benzene rings is 2. The summed E-state index contributed by atoms with van der Waals surface area (Å²) in [5, 5.41) is 3.28. The lowest BCUT2D eigenvalue weighted by molar-refractivity contribution is -0.118. The number of nitrogens with one attached hydrogen (secondary N) is 1. The van der Waals surface area contributed by atoms with Crippen molar-refractivity contribution in [1.82, 2.24) is 5.32 Å². The molecule has 0 aliphatic heterocycles. The Hall–Kier alpha value is -1.59. The molecule has 0 atom stereocenters. The first-order valence-electron chi connectivity index (χ1n) is 6.14. The van der Waals surface area contributed by atoms with Crippen LogP contribution >= 0.6 is 23.4 Å². The quantitative estimate of drug-likeness (QED) is 0.840. The van der Waals surface area contributed by atoms with Crippen LogP contribution in [0.4, 0.5) is 8.78 Å². The topological polar surface area (TPSA) is 29.1 Å². The number of hydrogen-bond donors (Lipinski definition) is 1. The van der Waals surface area contributed by atoms with Crippen molar-refractivity contribution in [3.8, 4) is 0 Å². The van der Waals surface area contributed by atoms with Crippen LogP contribution in [-0.4, -0.2) is 11.7 Å². The first-order valence-corrected chi connectivity index (χ1v) is 7.50. The van der Waals surface area contributed by atoms with Crippen LogP contribution in [0.3, 0.4) is 0 Å². The summed E-state index contributed by atoms with van der Waals surface area (Å²) in [6.45, 7) is 0.310. The molecule has 0 spiro atoms. The summed E-state index contributed by atoms with van der Waals surface area (Å²) in [5.41, 5.74) is 0.811. The van der Waals surface area contributed by atoms with E-state index >= 15 is 0 Å². The van der Waals surface area contributed by atoms with Crippen LogP contribution in [0.25, 0.3) is 0 Å². The Morgan fingerprint density at radius 2 is 1.95 bits per heavy atom. The zero-order valence-corrected chi connectivity index (χ0v) is 12.5. The minimum absolute atomic E-state index is 0.0486. The van der Waals surface area contributed by atoms with Crippen molar-refractivity contribution in [1.29, 1.82) is 0 Å². The van der Waals surface area contributed by atoms with Gasteiger partial charge in [0.2, 0.25) is 5.91 Å². The summed E-state index contributed by atoms with van der Waals surface area (Å²) in [6.07, 6.45) is 0. The highest BCUT2D eigenvalue weighted by Crippen LogP contribution is 2.22. The van der Waals surface area contributed by atoms with E-state index in [-0.39, 0.29) is 16.6 Å². The Balaban J connectivity index is 1.84. The molecular formula is C15H12ClF2NOS. The fourth-order valence-corrected chi connectivity index (χ4v) is 2.57. The number of hydrogen-bond acceptors (Lipinski definition) is 2. The highest BCUT2D eigenvalue weighted by molar-refractivity contribution is 8.00. The van der Waals surface area contributed by atoms with E-state index in [1.807, 2.05) is 12.1 Å². The SMILES string of the molecule is O=C(CSc1ccc(F)cc1F)NCc1ccccc1Cl. The van der Waals surface area contributed by atoms with Crippen LogP contribution in [0, 0.1) is 11.6 Å². The molecule has 6 heteroatoms. The van der Waals surface area contributed by atoms with Crippen molar-refractivity contribution in [3.05, 3.63) is 64.7 Å². The van der Waals surface area contributed by atoms with Gasteiger partial charge in [-0.3, -0.25) is 4.79 Å². The van der Waals surface area contributed by atoms with Gasteiger partial charge in [0.25, 0.3) is 0 Å². The third-order valence-corrected chi connectivity index (χ3v) is 4.10. The van der Waals surface area contributed by atoms with Gasteiger partial charge in [-0.1, -0.05) is 29.8 Å². The summed E-state index contributed by atoms with van der Waals surface area (Å²) < 4.78 is 26.1. The summed E-state index contributed by atoms with van der Waals surface area (Å²) in [7, 11) is 0. The van der Waals surface area contributed by atoms with E-state index in [4.69, 9.17) is 11.6 Å². The molecule has 0 aliphatic rings. The second-order valence-corrected chi connectivity index (χ2v) is 5.66. The molecule has 2 aromatic rings. The summed E-state index contributed by atoms with van der Waals surface area (Å²) in [6, 6.07) is 10.5. The molecule has 110 valence electrons. The minimum Gasteiger partial charge on any atom is -0.351 e. The summed E-state index contributed by atoms with van der Waals surface area (Å²) in [4.78, 5) is 11.9. The Bertz CT molecular complexity index is 651. The van der Waals surface area contributed by atoms with Gasteiger partial charge in [0, 0.05) is 22.5 Å². The largest absolute Gasteiger partial charge is 0.351 e. The lowest BCUT2D eigenvalue weighted by Crippen LogP contribution is -2.24. The maximum Gasteiger partial charge on any atom is 0.230 e. The first-order chi connectivity index (χ1) is 10.1. The van der Waals surface area contributed by atoms with Crippen LogP contribution < -0.4 is 5.32 Å². The third kappa shape index (κ3) is 4.72. The fourth-order valence-electron chi connectivity index (χ4n) is 1.62. The van der Waals surface area contributed by atoms with Gasteiger partial charge in [0.05, 0.1) is 5.75 Å². The van der Waals surface area contributed by atoms with Gasteiger partial charge in [-0.2, -0.15) is 0 Å². The smallest absolute Gasteiger partial charge is 0.230 e. The van der Waals surface area contributed by atoms with E-state index in [2.05, 4.69) is 5.32 Å². The molecule has 0 saturated carbocycles. The predicted octanol–water partition coefficient (Wildman–Crippen LogP) is 4.03. The van der Waals surface area contributed by atoms with Gasteiger partial charge in [0.15, 0.2) is 0 Å². The Kier molecular flexibility index (Phi) is 5.59. The second-order valence-electron chi connectivity index (χ2n) is 4.23. The molecule has 0 aromatic heterocycles. The van der Waals surface area contributed by atoms with E-state index in [1.54, 1.807) is 12.1 Å². The first kappa shape index (κ1) is 15.8. The van der Waals surface area contributed by atoms with E-state index < -0.39 is 11.6 Å². The Morgan fingerprint density at radius 3 is 2.67 bits per heavy atom. The Labute approximate surface area is 130 Å². The van der Waals surface area contributed by atoms with Gasteiger partial charge in [-0.25, -0.2) is 8.78 Å². The molecule has 1 amide bonds. The monoisotopic (exact) mass is 327 g/mol. The highest BCUT2D eigenvalue weighted by atomic mass is 35.5. The second kappa shape index (κ2) is 7.43. The number of carbonyl (C=O) groups is 1. The molecule has 2 rings (SSSR count). The number of carbonyl (C=O) groups excluding carboxylic acids is 1. The average Bonchev–Trinajstić information content (AvgIpc) is 2.45. The zero-order valence-electron chi connectivity index (χ0n) is 10.9. The van der Waals surface area contributed by atoms with Crippen molar-refractivity contribution < 1.29 is 13.6 Å². The predicted molar refractivity (Wildman–Crippen MR) is 80.4 cm³/mol. The molecule has 2 nitrogen and oxygen atoms in total. The molecule has 0 bridgehead atoms. The lowest BCUT2D eigenvalue weighted by atomic mass is 10.2. The van der Waals surface area contributed by atoms with Gasteiger partial charge < -0.3 is 5.32 Å². The lowest BCUT2D eigenvalue weighted by Gasteiger charge is -2.07. The molecule has 0 heterocycles. The van der Waals surface area contributed by atoms with Crippen molar-refractivity contribution in [3.63, 3.8) is 0 Å². The zero-order chi connectivity index (χ0) is 15.2. The molecule has 0 saturated heterocycles. The Morgan fingerprint density at radius 1 is 1.19 bits per heavy atom. The van der Waals surface area contributed by atoms with Crippen molar-refractivity contribution in [2.75, 3.05) is 5.75 Å². The van der Waals surface area contributed by atoms with Gasteiger partial charge in [0.1, 0.15) is 11.6 Å². The van der Waals surface area contributed by atoms with Crippen molar-refractivity contribution >= 4 is 29.3 Å². The average molecular weight is 328 g/mol. The highest BCUT2D eigenvalue weighted by Gasteiger charge is 2.08. The van der Waals surface area contributed by atoms with E-state index in [0.29, 0.717) is 11.6 Å². The number of thioether (sulfide) groups is 1. The number of rotatable bonds is 5. The molecule has 0 radical (unpaired) electrons. The maximum atomic E-state index is 13.4. The van der Waals surface area contributed by atoms with Crippen LogP contribution in [-0.2, 0) is 11.3 Å². The van der Waals surface area contributed by atoms with Crippen LogP contribution in [0.5, 0.6) is 0 Å². The summed E-state index contributed by atoms with van der Waals surface area (Å²) in [5.74, 6) is -1.50. The molecule has 0 unspecified atom stereocenters. The summed E-state index contributed by atoms with van der Waals surface area (Å²) >= 11 is 6.99. The van der Waals surface area contributed by atoms with Crippen LogP contribution in [0.1, 0.15) is 5.56 Å². The maximum absolute atomic E-state index is 13.4. The van der Waals surface area contributed by atoms with Crippen LogP contribution in [0.15, 0.2) is 47.4 Å². The number of amides is 1. The van der Waals surface area contributed by atoms with E-state index in [9.17, 15) is 13.6 Å². The standard InChI is InChI=1S/C15H12ClF2NOS/c16-12-4-2-1-3-10(12)8-19-15(20)9-21-14-6-5-11(17)7-13(14)18/h1-7H,8-9H2,(H,19,20). The molecule has 0 aliphatic carbocycles. The van der Waals surface area contributed by atoms with Gasteiger partial charge in [-0.15, -0.1) is 11.8 Å². The molecule has 0 fully saturated rings. The van der Waals surface area contributed by atoms with E-state index in [1.165, 1.54) is 6.07 Å². The number of halogens is 3. The van der Waals surface area contributed by atoms with Crippen molar-refractivity contribution in [2.45, 2.75) is 11.4 Å². The fraction of sp³-hybridized carbons (Fsp3) is 0.133. The van der Waals surface area contributed by atoms with Gasteiger partial charge in [-0.05, 0) is 23.8 Å². The van der Waals surface area contributed by atoms with Gasteiger partial charge >= 0.3 is 0 Å². The minimum atomic E-state index is -0.668. The van der Waals surface area contributed by atoms with Crippen molar-refractivity contribution in [2.24, 2.45) is 0 Å². The molecule has 21 heavy (non-hydrogen) atoms. The molecule has 2 aromatic carbocycles.